The van der Waals surface area contributed by atoms with Gasteiger partial charge in [-0.05, 0) is 19.3 Å². The summed E-state index contributed by atoms with van der Waals surface area (Å²) < 4.78 is 0. The van der Waals surface area contributed by atoms with Crippen molar-refractivity contribution in [3.05, 3.63) is 0 Å². The molecule has 11 heavy (non-hydrogen) atoms. The molecule has 1 saturated heterocycles. The van der Waals surface area contributed by atoms with E-state index in [4.69, 9.17) is 5.73 Å². The predicted molar refractivity (Wildman–Crippen MR) is 37.6 cm³/mol. The van der Waals surface area contributed by atoms with E-state index in [2.05, 4.69) is 0 Å². The summed E-state index contributed by atoms with van der Waals surface area (Å²) in [6, 6.07) is -0.466. The van der Waals surface area contributed by atoms with E-state index in [1.54, 1.807) is 0 Å². The Hall–Kier alpha value is -1.06. The Balaban J connectivity index is 2.24. The highest BCUT2D eigenvalue weighted by Crippen LogP contribution is 2.37. The van der Waals surface area contributed by atoms with E-state index in [1.165, 1.54) is 4.90 Å². The molecule has 4 nitrogen and oxygen atoms in total. The first kappa shape index (κ1) is 6.64. The monoisotopic (exact) mass is 154 g/mol. The predicted octanol–water partition coefficient (Wildman–Crippen LogP) is 0.0760. The summed E-state index contributed by atoms with van der Waals surface area (Å²) >= 11 is 0. The van der Waals surface area contributed by atoms with Crippen LogP contribution in [0.2, 0.25) is 0 Å². The third-order valence-electron chi connectivity index (χ3n) is 2.59. The molecule has 2 bridgehead atoms. The first-order chi connectivity index (χ1) is 5.20. The number of hydrogen-bond donors (Lipinski definition) is 1. The minimum Gasteiger partial charge on any atom is -0.351 e. The lowest BCUT2D eigenvalue weighted by Crippen LogP contribution is -2.44. The Kier molecular flexibility index (Phi) is 1.19. The van der Waals surface area contributed by atoms with Gasteiger partial charge in [0, 0.05) is 12.0 Å². The molecule has 0 radical (unpaired) electrons. The van der Waals surface area contributed by atoms with Crippen molar-refractivity contribution in [3.8, 4) is 0 Å². The summed E-state index contributed by atoms with van der Waals surface area (Å²) in [6.45, 7) is 0. The van der Waals surface area contributed by atoms with Crippen molar-refractivity contribution in [2.45, 2.75) is 25.3 Å². The number of primary amides is 1. The Labute approximate surface area is 64.3 Å². The third-order valence-corrected chi connectivity index (χ3v) is 2.59. The van der Waals surface area contributed by atoms with E-state index in [0.29, 0.717) is 0 Å². The van der Waals surface area contributed by atoms with E-state index in [0.717, 1.165) is 19.3 Å². The van der Waals surface area contributed by atoms with E-state index in [1.807, 2.05) is 0 Å². The van der Waals surface area contributed by atoms with Crippen LogP contribution in [0.1, 0.15) is 19.3 Å². The molecule has 0 aromatic heterocycles. The molecule has 2 aliphatic rings. The maximum Gasteiger partial charge on any atom is 0.321 e. The van der Waals surface area contributed by atoms with Crippen molar-refractivity contribution < 1.29 is 9.59 Å². The van der Waals surface area contributed by atoms with Crippen molar-refractivity contribution in [1.29, 1.82) is 0 Å². The van der Waals surface area contributed by atoms with Gasteiger partial charge in [-0.1, -0.05) is 0 Å². The number of imide groups is 1. The molecule has 2 fully saturated rings. The minimum atomic E-state index is -0.581. The maximum atomic E-state index is 11.2. The normalized spacial score (nSPS) is 34.9. The largest absolute Gasteiger partial charge is 0.351 e. The lowest BCUT2D eigenvalue weighted by atomic mass is 10.1. The van der Waals surface area contributed by atoms with Crippen molar-refractivity contribution in [3.63, 3.8) is 0 Å². The Morgan fingerprint density at radius 2 is 2.27 bits per heavy atom. The highest BCUT2D eigenvalue weighted by atomic mass is 16.2. The molecule has 1 saturated carbocycles. The molecule has 4 heteroatoms. The molecule has 3 amide bonds. The van der Waals surface area contributed by atoms with E-state index in [-0.39, 0.29) is 17.9 Å². The Morgan fingerprint density at radius 1 is 1.55 bits per heavy atom. The average Bonchev–Trinajstić information content (AvgIpc) is 2.44. The molecule has 2 atom stereocenters. The van der Waals surface area contributed by atoms with Gasteiger partial charge in [0.1, 0.15) is 0 Å². The van der Waals surface area contributed by atoms with Gasteiger partial charge in [0.15, 0.2) is 0 Å². The summed E-state index contributed by atoms with van der Waals surface area (Å²) in [7, 11) is 0. The Morgan fingerprint density at radius 3 is 2.64 bits per heavy atom. The number of fused-ring (bicyclic) bond motifs is 2. The lowest BCUT2D eigenvalue weighted by molar-refractivity contribution is -0.130. The summed E-state index contributed by atoms with van der Waals surface area (Å²) in [4.78, 5) is 23.2. The number of nitrogens with zero attached hydrogens (tertiary/aromatic N) is 1. The highest BCUT2D eigenvalue weighted by Gasteiger charge is 2.46. The van der Waals surface area contributed by atoms with Gasteiger partial charge in [0.2, 0.25) is 5.91 Å². The van der Waals surface area contributed by atoms with Gasteiger partial charge in [0.05, 0.1) is 0 Å². The van der Waals surface area contributed by atoms with Crippen molar-refractivity contribution in [2.75, 3.05) is 0 Å². The molecule has 2 rings (SSSR count). The molecule has 2 unspecified atom stereocenters. The number of carbonyl (C=O) groups is 2. The molecule has 2 N–H and O–H groups in total. The van der Waals surface area contributed by atoms with Gasteiger partial charge < -0.3 is 5.73 Å². The Bertz CT molecular complexity index is 226. The highest BCUT2D eigenvalue weighted by molar-refractivity contribution is 5.97. The van der Waals surface area contributed by atoms with Crippen molar-refractivity contribution >= 4 is 11.9 Å². The zero-order chi connectivity index (χ0) is 8.01. The molecular formula is C7H10N2O2. The number of urea groups is 1. The zero-order valence-electron chi connectivity index (χ0n) is 6.12. The van der Waals surface area contributed by atoms with E-state index >= 15 is 0 Å². The number of rotatable bonds is 0. The standard InChI is InChI=1S/C7H10N2O2/c8-7(11)9-5-2-1-4(3-5)6(9)10/h4-5H,1-3H2,(H2,8,11). The van der Waals surface area contributed by atoms with Crippen LogP contribution in [0.5, 0.6) is 0 Å². The van der Waals surface area contributed by atoms with Crippen LogP contribution in [-0.2, 0) is 4.79 Å². The summed E-state index contributed by atoms with van der Waals surface area (Å²) in [5.74, 6) is 0.0289. The summed E-state index contributed by atoms with van der Waals surface area (Å²) in [5, 5.41) is 0. The fourth-order valence-corrected chi connectivity index (χ4v) is 2.08. The van der Waals surface area contributed by atoms with Crippen molar-refractivity contribution in [1.82, 2.24) is 4.90 Å². The number of nitrogens with two attached hydrogens (primary N) is 1. The fraction of sp³-hybridized carbons (Fsp3) is 0.714. The van der Waals surface area contributed by atoms with Crippen LogP contribution in [0, 0.1) is 5.92 Å². The average molecular weight is 154 g/mol. The number of piperidine rings is 1. The summed E-state index contributed by atoms with van der Waals surface area (Å²) in [6.07, 6.45) is 2.72. The SMILES string of the molecule is NC(=O)N1C(=O)C2CCC1C2. The van der Waals surface area contributed by atoms with E-state index < -0.39 is 6.03 Å². The molecule has 0 spiro atoms. The molecule has 1 aliphatic carbocycles. The van der Waals surface area contributed by atoms with Crippen LogP contribution in [0.4, 0.5) is 4.79 Å². The van der Waals surface area contributed by atoms with Crippen LogP contribution in [0.3, 0.4) is 0 Å². The third kappa shape index (κ3) is 0.751. The lowest BCUT2D eigenvalue weighted by Gasteiger charge is -2.22. The second kappa shape index (κ2) is 1.96. The van der Waals surface area contributed by atoms with E-state index in [9.17, 15) is 9.59 Å². The zero-order valence-corrected chi connectivity index (χ0v) is 6.12. The fourth-order valence-electron chi connectivity index (χ4n) is 2.08. The van der Waals surface area contributed by atoms with Crippen LogP contribution >= 0.6 is 0 Å². The molecule has 0 aromatic rings. The van der Waals surface area contributed by atoms with Gasteiger partial charge in [-0.3, -0.25) is 9.69 Å². The van der Waals surface area contributed by atoms with Crippen LogP contribution < -0.4 is 5.73 Å². The second-order valence-electron chi connectivity index (χ2n) is 3.21. The van der Waals surface area contributed by atoms with Crippen LogP contribution in [0.15, 0.2) is 0 Å². The summed E-state index contributed by atoms with van der Waals surface area (Å²) in [5.41, 5.74) is 5.04. The topological polar surface area (TPSA) is 63.4 Å². The molecule has 1 heterocycles. The van der Waals surface area contributed by atoms with Gasteiger partial charge in [0.25, 0.3) is 0 Å². The first-order valence-corrected chi connectivity index (χ1v) is 3.82. The number of amides is 3. The van der Waals surface area contributed by atoms with Gasteiger partial charge in [-0.15, -0.1) is 0 Å². The minimum absolute atomic E-state index is 0.0613. The first-order valence-electron chi connectivity index (χ1n) is 3.82. The molecule has 0 aromatic carbocycles. The smallest absolute Gasteiger partial charge is 0.321 e. The van der Waals surface area contributed by atoms with Crippen LogP contribution in [0.25, 0.3) is 0 Å². The number of carbonyl (C=O) groups excluding carboxylic acids is 2. The van der Waals surface area contributed by atoms with Gasteiger partial charge in [-0.25, -0.2) is 4.79 Å². The number of likely N-dealkylation sites (tertiary alicyclic amines) is 1. The maximum absolute atomic E-state index is 11.2. The van der Waals surface area contributed by atoms with Gasteiger partial charge in [-0.2, -0.15) is 0 Å². The molecular weight excluding hydrogens is 144 g/mol. The number of hydrogen-bond acceptors (Lipinski definition) is 2. The molecule has 60 valence electrons. The quantitative estimate of drug-likeness (QED) is 0.537. The van der Waals surface area contributed by atoms with Crippen LogP contribution in [-0.4, -0.2) is 22.9 Å². The van der Waals surface area contributed by atoms with Crippen molar-refractivity contribution in [2.24, 2.45) is 11.7 Å². The van der Waals surface area contributed by atoms with Gasteiger partial charge >= 0.3 is 6.03 Å². The second-order valence-corrected chi connectivity index (χ2v) is 3.21. The molecule has 1 aliphatic heterocycles.